The fourth-order valence-electron chi connectivity index (χ4n) is 3.30. The zero-order valence-electron chi connectivity index (χ0n) is 12.4. The Bertz CT molecular complexity index is 806. The Hall–Kier alpha value is -2.06. The van der Waals surface area contributed by atoms with E-state index >= 15 is 0 Å². The Kier molecular flexibility index (Phi) is 3.47. The first-order valence-corrected chi connectivity index (χ1v) is 8.11. The normalized spacial score (nSPS) is 13.3. The third-order valence-electron chi connectivity index (χ3n) is 4.36. The van der Waals surface area contributed by atoms with E-state index in [9.17, 15) is 0 Å². The monoisotopic (exact) mass is 309 g/mol. The highest BCUT2D eigenvalue weighted by atomic mass is 35.5. The number of rotatable bonds is 3. The van der Waals surface area contributed by atoms with Gasteiger partial charge in [0, 0.05) is 16.1 Å². The molecule has 0 unspecified atom stereocenters. The van der Waals surface area contributed by atoms with Gasteiger partial charge >= 0.3 is 0 Å². The SMILES string of the molecule is Clc1ccccc1C[n+]1cc(-c2ccccc2)n2c1CCC2. The van der Waals surface area contributed by atoms with Crippen molar-refractivity contribution in [3.05, 3.63) is 77.2 Å². The molecule has 4 rings (SSSR count). The highest BCUT2D eigenvalue weighted by molar-refractivity contribution is 6.31. The van der Waals surface area contributed by atoms with Gasteiger partial charge in [-0.1, -0.05) is 60.1 Å². The van der Waals surface area contributed by atoms with Gasteiger partial charge in [-0.15, -0.1) is 0 Å². The zero-order chi connectivity index (χ0) is 14.9. The summed E-state index contributed by atoms with van der Waals surface area (Å²) in [6.07, 6.45) is 4.63. The van der Waals surface area contributed by atoms with Gasteiger partial charge in [0.15, 0.2) is 5.69 Å². The fourth-order valence-corrected chi connectivity index (χ4v) is 3.49. The van der Waals surface area contributed by atoms with Gasteiger partial charge in [0.2, 0.25) is 0 Å². The Morgan fingerprint density at radius 1 is 1.00 bits per heavy atom. The van der Waals surface area contributed by atoms with Gasteiger partial charge in [-0.05, 0) is 12.5 Å². The number of hydrogen-bond acceptors (Lipinski definition) is 0. The maximum absolute atomic E-state index is 6.33. The smallest absolute Gasteiger partial charge is 0.229 e. The lowest BCUT2D eigenvalue weighted by Gasteiger charge is -2.02. The topological polar surface area (TPSA) is 8.81 Å². The fraction of sp³-hybridized carbons (Fsp3) is 0.211. The van der Waals surface area contributed by atoms with E-state index in [1.54, 1.807) is 0 Å². The van der Waals surface area contributed by atoms with Crippen LogP contribution < -0.4 is 4.57 Å². The first kappa shape index (κ1) is 13.6. The molecular formula is C19H18ClN2+. The minimum absolute atomic E-state index is 0.835. The summed E-state index contributed by atoms with van der Waals surface area (Å²) >= 11 is 6.33. The maximum Gasteiger partial charge on any atom is 0.257 e. The number of nitrogens with zero attached hydrogens (tertiary/aromatic N) is 2. The Balaban J connectivity index is 1.77. The number of fused-ring (bicyclic) bond motifs is 1. The van der Waals surface area contributed by atoms with Crippen LogP contribution in [0.15, 0.2) is 60.8 Å². The zero-order valence-corrected chi connectivity index (χ0v) is 13.1. The molecule has 22 heavy (non-hydrogen) atoms. The molecule has 110 valence electrons. The minimum Gasteiger partial charge on any atom is -0.229 e. The van der Waals surface area contributed by atoms with Gasteiger partial charge in [-0.3, -0.25) is 0 Å². The van der Waals surface area contributed by atoms with Crippen LogP contribution in [0.2, 0.25) is 5.02 Å². The number of benzene rings is 2. The number of hydrogen-bond donors (Lipinski definition) is 0. The Labute approximate surface area is 135 Å². The molecule has 0 radical (unpaired) electrons. The van der Waals surface area contributed by atoms with Crippen LogP contribution >= 0.6 is 11.6 Å². The standard InChI is InChI=1S/C19H18ClN2/c20-17-10-5-4-9-16(17)13-21-14-18(15-7-2-1-3-8-15)22-12-6-11-19(21)22/h1-5,7-10,14H,6,11-13H2/q+1. The summed E-state index contributed by atoms with van der Waals surface area (Å²) in [5, 5.41) is 0.842. The quantitative estimate of drug-likeness (QED) is 0.644. The van der Waals surface area contributed by atoms with Gasteiger partial charge in [0.1, 0.15) is 12.7 Å². The van der Waals surface area contributed by atoms with E-state index in [4.69, 9.17) is 11.6 Å². The van der Waals surface area contributed by atoms with Crippen molar-refractivity contribution in [1.29, 1.82) is 0 Å². The van der Waals surface area contributed by atoms with E-state index in [2.05, 4.69) is 57.8 Å². The molecule has 0 aliphatic carbocycles. The van der Waals surface area contributed by atoms with Crippen LogP contribution in [-0.4, -0.2) is 4.57 Å². The first-order chi connectivity index (χ1) is 10.8. The molecule has 0 atom stereocenters. The molecule has 0 bridgehead atoms. The van der Waals surface area contributed by atoms with E-state index in [-0.39, 0.29) is 0 Å². The van der Waals surface area contributed by atoms with Crippen molar-refractivity contribution >= 4 is 11.6 Å². The third kappa shape index (κ3) is 2.34. The van der Waals surface area contributed by atoms with E-state index in [1.165, 1.54) is 29.1 Å². The molecule has 3 heteroatoms. The summed E-state index contributed by atoms with van der Waals surface area (Å²) in [4.78, 5) is 0. The summed E-state index contributed by atoms with van der Waals surface area (Å²) < 4.78 is 4.81. The lowest BCUT2D eigenvalue weighted by atomic mass is 10.1. The van der Waals surface area contributed by atoms with Crippen molar-refractivity contribution in [2.45, 2.75) is 25.9 Å². The maximum atomic E-state index is 6.33. The number of imidazole rings is 1. The molecule has 1 aliphatic heterocycles. The van der Waals surface area contributed by atoms with Crippen molar-refractivity contribution in [2.75, 3.05) is 0 Å². The lowest BCUT2D eigenvalue weighted by Crippen LogP contribution is -2.36. The predicted molar refractivity (Wildman–Crippen MR) is 88.9 cm³/mol. The summed E-state index contributed by atoms with van der Waals surface area (Å²) in [5.41, 5.74) is 3.76. The van der Waals surface area contributed by atoms with Gasteiger partial charge in [0.25, 0.3) is 5.82 Å². The molecule has 0 N–H and O–H groups in total. The molecule has 0 amide bonds. The van der Waals surface area contributed by atoms with Gasteiger partial charge < -0.3 is 0 Å². The van der Waals surface area contributed by atoms with Crippen molar-refractivity contribution in [3.8, 4) is 11.3 Å². The molecule has 0 fully saturated rings. The molecule has 1 aliphatic rings. The van der Waals surface area contributed by atoms with Crippen LogP contribution in [0.4, 0.5) is 0 Å². The number of aromatic nitrogens is 2. The second-order valence-electron chi connectivity index (χ2n) is 5.77. The largest absolute Gasteiger partial charge is 0.257 e. The summed E-state index contributed by atoms with van der Waals surface area (Å²) in [6.45, 7) is 1.94. The van der Waals surface area contributed by atoms with Crippen LogP contribution in [0.5, 0.6) is 0 Å². The second kappa shape index (κ2) is 5.62. The predicted octanol–water partition coefficient (Wildman–Crippen LogP) is 4.09. The summed E-state index contributed by atoms with van der Waals surface area (Å²) in [7, 11) is 0. The lowest BCUT2D eigenvalue weighted by molar-refractivity contribution is -0.694. The van der Waals surface area contributed by atoms with E-state index in [0.29, 0.717) is 0 Å². The van der Waals surface area contributed by atoms with Crippen molar-refractivity contribution in [2.24, 2.45) is 0 Å². The summed E-state index contributed by atoms with van der Waals surface area (Å²) in [6, 6.07) is 18.7. The van der Waals surface area contributed by atoms with E-state index < -0.39 is 0 Å². The second-order valence-corrected chi connectivity index (χ2v) is 6.18. The van der Waals surface area contributed by atoms with E-state index in [1.807, 2.05) is 12.1 Å². The minimum atomic E-state index is 0.835. The average Bonchev–Trinajstić information content (AvgIpc) is 3.14. The van der Waals surface area contributed by atoms with Crippen LogP contribution in [0.25, 0.3) is 11.3 Å². The molecule has 2 heterocycles. The van der Waals surface area contributed by atoms with Crippen molar-refractivity contribution in [3.63, 3.8) is 0 Å². The average molecular weight is 310 g/mol. The van der Waals surface area contributed by atoms with Crippen molar-refractivity contribution in [1.82, 2.24) is 4.57 Å². The van der Waals surface area contributed by atoms with Crippen LogP contribution in [0, 0.1) is 0 Å². The van der Waals surface area contributed by atoms with Gasteiger partial charge in [-0.2, -0.15) is 0 Å². The van der Waals surface area contributed by atoms with Crippen molar-refractivity contribution < 1.29 is 4.57 Å². The van der Waals surface area contributed by atoms with Crippen LogP contribution in [0.1, 0.15) is 17.8 Å². The van der Waals surface area contributed by atoms with E-state index in [0.717, 1.165) is 24.5 Å². The molecule has 0 spiro atoms. The molecule has 3 aromatic rings. The first-order valence-electron chi connectivity index (χ1n) is 7.73. The highest BCUT2D eigenvalue weighted by Gasteiger charge is 2.28. The van der Waals surface area contributed by atoms with Gasteiger partial charge in [0.05, 0.1) is 13.0 Å². The molecule has 2 nitrogen and oxygen atoms in total. The number of halogens is 1. The molecule has 2 aromatic carbocycles. The summed E-state index contributed by atoms with van der Waals surface area (Å²) in [5.74, 6) is 1.40. The third-order valence-corrected chi connectivity index (χ3v) is 4.73. The van der Waals surface area contributed by atoms with Crippen LogP contribution in [0.3, 0.4) is 0 Å². The van der Waals surface area contributed by atoms with Gasteiger partial charge in [-0.25, -0.2) is 9.13 Å². The molecular weight excluding hydrogens is 292 g/mol. The highest BCUT2D eigenvalue weighted by Crippen LogP contribution is 2.25. The molecule has 1 aromatic heterocycles. The molecule has 0 saturated carbocycles. The Morgan fingerprint density at radius 3 is 2.59 bits per heavy atom. The Morgan fingerprint density at radius 2 is 1.77 bits per heavy atom. The molecule has 0 saturated heterocycles. The van der Waals surface area contributed by atoms with Crippen LogP contribution in [-0.2, 0) is 19.5 Å².